The first-order valence-electron chi connectivity index (χ1n) is 5.99. The summed E-state index contributed by atoms with van der Waals surface area (Å²) in [6.45, 7) is 3.78. The van der Waals surface area contributed by atoms with Crippen molar-refractivity contribution in [2.75, 3.05) is 19.4 Å². The molecule has 1 aromatic rings. The Morgan fingerprint density at radius 2 is 2.00 bits per heavy atom. The van der Waals surface area contributed by atoms with Gasteiger partial charge < -0.3 is 10.0 Å². The second-order valence-electron chi connectivity index (χ2n) is 4.62. The number of nitrogens with zero attached hydrogens (tertiary/aromatic N) is 1. The molecule has 0 spiro atoms. The normalized spacial score (nSPS) is 11.6. The first kappa shape index (κ1) is 15.7. The van der Waals surface area contributed by atoms with E-state index in [2.05, 4.69) is 0 Å². The molecular weight excluding hydrogens is 266 g/mol. The van der Waals surface area contributed by atoms with Crippen LogP contribution in [0.5, 0.6) is 0 Å². The van der Waals surface area contributed by atoms with Crippen LogP contribution in [-0.4, -0.2) is 49.8 Å². The third-order valence-electron chi connectivity index (χ3n) is 2.73. The van der Waals surface area contributed by atoms with Gasteiger partial charge in [-0.15, -0.1) is 0 Å². The van der Waals surface area contributed by atoms with Crippen LogP contribution >= 0.6 is 0 Å². The van der Waals surface area contributed by atoms with Gasteiger partial charge in [-0.2, -0.15) is 0 Å². The highest BCUT2D eigenvalue weighted by atomic mass is 32.2. The van der Waals surface area contributed by atoms with Gasteiger partial charge in [-0.3, -0.25) is 4.79 Å². The zero-order valence-corrected chi connectivity index (χ0v) is 12.1. The molecule has 0 unspecified atom stereocenters. The Bertz CT molecular complexity index is 552. The minimum atomic E-state index is -3.34. The second kappa shape index (κ2) is 6.16. The first-order chi connectivity index (χ1) is 8.77. The summed E-state index contributed by atoms with van der Waals surface area (Å²) in [6.07, 6.45) is 1.10. The fourth-order valence-corrected chi connectivity index (χ4v) is 2.39. The van der Waals surface area contributed by atoms with Crippen molar-refractivity contribution in [3.8, 4) is 0 Å². The lowest BCUT2D eigenvalue weighted by atomic mass is 10.1. The molecular formula is C13H19NO4S. The number of hydrogen-bond donors (Lipinski definition) is 1. The van der Waals surface area contributed by atoms with Gasteiger partial charge in [0.1, 0.15) is 0 Å². The minimum absolute atomic E-state index is 0.0680. The van der Waals surface area contributed by atoms with Crippen LogP contribution in [0.15, 0.2) is 29.2 Å². The SMILES string of the molecule is CC(C)N(CCO)C(=O)c1cccc(S(C)(=O)=O)c1. The summed E-state index contributed by atoms with van der Waals surface area (Å²) in [5.41, 5.74) is 0.310. The Hall–Kier alpha value is -1.40. The van der Waals surface area contributed by atoms with E-state index in [1.54, 1.807) is 12.1 Å². The highest BCUT2D eigenvalue weighted by molar-refractivity contribution is 7.90. The lowest BCUT2D eigenvalue weighted by Gasteiger charge is -2.26. The van der Waals surface area contributed by atoms with Gasteiger partial charge in [0, 0.05) is 24.4 Å². The number of benzene rings is 1. The molecule has 0 saturated carbocycles. The van der Waals surface area contributed by atoms with Gasteiger partial charge in [-0.25, -0.2) is 8.42 Å². The van der Waals surface area contributed by atoms with Gasteiger partial charge in [0.05, 0.1) is 11.5 Å². The van der Waals surface area contributed by atoms with Gasteiger partial charge in [0.2, 0.25) is 0 Å². The van der Waals surface area contributed by atoms with E-state index in [9.17, 15) is 13.2 Å². The molecule has 0 bridgehead atoms. The van der Waals surface area contributed by atoms with E-state index < -0.39 is 9.84 Å². The van der Waals surface area contributed by atoms with Gasteiger partial charge in [-0.1, -0.05) is 6.07 Å². The average molecular weight is 285 g/mol. The lowest BCUT2D eigenvalue weighted by molar-refractivity contribution is 0.0665. The van der Waals surface area contributed by atoms with Crippen molar-refractivity contribution in [3.63, 3.8) is 0 Å². The number of carbonyl (C=O) groups is 1. The number of aliphatic hydroxyl groups excluding tert-OH is 1. The van der Waals surface area contributed by atoms with Crippen LogP contribution in [0.1, 0.15) is 24.2 Å². The fourth-order valence-electron chi connectivity index (χ4n) is 1.73. The fraction of sp³-hybridized carbons (Fsp3) is 0.462. The van der Waals surface area contributed by atoms with Crippen molar-refractivity contribution >= 4 is 15.7 Å². The van der Waals surface area contributed by atoms with Crippen LogP contribution in [0.4, 0.5) is 0 Å². The van der Waals surface area contributed by atoms with Crippen molar-refractivity contribution in [1.82, 2.24) is 4.90 Å². The molecule has 0 aromatic heterocycles. The molecule has 0 radical (unpaired) electrons. The van der Waals surface area contributed by atoms with E-state index in [0.29, 0.717) is 5.56 Å². The number of amides is 1. The molecule has 0 aliphatic rings. The predicted molar refractivity (Wildman–Crippen MR) is 72.8 cm³/mol. The molecule has 0 aliphatic carbocycles. The maximum atomic E-state index is 12.3. The van der Waals surface area contributed by atoms with Crippen molar-refractivity contribution in [1.29, 1.82) is 0 Å². The van der Waals surface area contributed by atoms with E-state index in [1.807, 2.05) is 13.8 Å². The van der Waals surface area contributed by atoms with Crippen molar-refractivity contribution in [2.45, 2.75) is 24.8 Å². The summed E-state index contributed by atoms with van der Waals surface area (Å²) in [6, 6.07) is 5.87. The Morgan fingerprint density at radius 1 is 1.37 bits per heavy atom. The molecule has 6 heteroatoms. The van der Waals surface area contributed by atoms with Crippen LogP contribution in [0.2, 0.25) is 0 Å². The predicted octanol–water partition coefficient (Wildman–Crippen LogP) is 0.933. The third kappa shape index (κ3) is 4.04. The standard InChI is InChI=1S/C13H19NO4S/c1-10(2)14(7-8-15)13(16)11-5-4-6-12(9-11)19(3,17)18/h4-6,9-10,15H,7-8H2,1-3H3. The van der Waals surface area contributed by atoms with E-state index >= 15 is 0 Å². The number of hydrogen-bond acceptors (Lipinski definition) is 4. The molecule has 1 amide bonds. The highest BCUT2D eigenvalue weighted by Crippen LogP contribution is 2.14. The number of rotatable bonds is 5. The maximum absolute atomic E-state index is 12.3. The highest BCUT2D eigenvalue weighted by Gasteiger charge is 2.19. The molecule has 0 fully saturated rings. The maximum Gasteiger partial charge on any atom is 0.254 e. The quantitative estimate of drug-likeness (QED) is 0.873. The van der Waals surface area contributed by atoms with Crippen LogP contribution in [0.3, 0.4) is 0 Å². The minimum Gasteiger partial charge on any atom is -0.395 e. The molecule has 0 saturated heterocycles. The summed E-state index contributed by atoms with van der Waals surface area (Å²) >= 11 is 0. The molecule has 1 aromatic carbocycles. The summed E-state index contributed by atoms with van der Waals surface area (Å²) in [5, 5.41) is 8.98. The lowest BCUT2D eigenvalue weighted by Crippen LogP contribution is -2.39. The zero-order valence-electron chi connectivity index (χ0n) is 11.3. The summed E-state index contributed by atoms with van der Waals surface area (Å²) in [4.78, 5) is 13.9. The Labute approximate surface area is 113 Å². The van der Waals surface area contributed by atoms with Crippen LogP contribution < -0.4 is 0 Å². The van der Waals surface area contributed by atoms with Gasteiger partial charge in [-0.05, 0) is 32.0 Å². The molecule has 19 heavy (non-hydrogen) atoms. The Morgan fingerprint density at radius 3 is 2.47 bits per heavy atom. The largest absolute Gasteiger partial charge is 0.395 e. The van der Waals surface area contributed by atoms with Crippen molar-refractivity contribution in [3.05, 3.63) is 29.8 Å². The van der Waals surface area contributed by atoms with E-state index in [-0.39, 0.29) is 30.0 Å². The molecule has 1 rings (SSSR count). The Balaban J connectivity index is 3.12. The first-order valence-corrected chi connectivity index (χ1v) is 7.88. The van der Waals surface area contributed by atoms with Crippen LogP contribution in [0, 0.1) is 0 Å². The third-order valence-corrected chi connectivity index (χ3v) is 3.84. The number of sulfone groups is 1. The van der Waals surface area contributed by atoms with Crippen molar-refractivity contribution in [2.24, 2.45) is 0 Å². The van der Waals surface area contributed by atoms with E-state index in [0.717, 1.165) is 6.26 Å². The number of aliphatic hydroxyl groups is 1. The number of carbonyl (C=O) groups excluding carboxylic acids is 1. The summed E-state index contributed by atoms with van der Waals surface area (Å²) in [5.74, 6) is -0.283. The van der Waals surface area contributed by atoms with E-state index in [1.165, 1.54) is 17.0 Å². The Kier molecular flexibility index (Phi) is 5.08. The van der Waals surface area contributed by atoms with Crippen LogP contribution in [-0.2, 0) is 9.84 Å². The topological polar surface area (TPSA) is 74.7 Å². The molecule has 0 aliphatic heterocycles. The molecule has 5 nitrogen and oxygen atoms in total. The molecule has 0 heterocycles. The zero-order chi connectivity index (χ0) is 14.6. The van der Waals surface area contributed by atoms with Crippen LogP contribution in [0.25, 0.3) is 0 Å². The smallest absolute Gasteiger partial charge is 0.254 e. The molecule has 106 valence electrons. The van der Waals surface area contributed by atoms with E-state index in [4.69, 9.17) is 5.11 Å². The molecule has 0 atom stereocenters. The van der Waals surface area contributed by atoms with Gasteiger partial charge >= 0.3 is 0 Å². The second-order valence-corrected chi connectivity index (χ2v) is 6.63. The average Bonchev–Trinajstić information content (AvgIpc) is 2.34. The molecule has 1 N–H and O–H groups in total. The monoisotopic (exact) mass is 285 g/mol. The summed E-state index contributed by atoms with van der Waals surface area (Å²) < 4.78 is 22.9. The van der Waals surface area contributed by atoms with Gasteiger partial charge in [0.25, 0.3) is 5.91 Å². The van der Waals surface area contributed by atoms with Gasteiger partial charge in [0.15, 0.2) is 9.84 Å². The summed E-state index contributed by atoms with van der Waals surface area (Å²) in [7, 11) is -3.34. The van der Waals surface area contributed by atoms with Crippen molar-refractivity contribution < 1.29 is 18.3 Å².